The van der Waals surface area contributed by atoms with E-state index in [4.69, 9.17) is 10.5 Å². The Bertz CT molecular complexity index is 223. The van der Waals surface area contributed by atoms with Gasteiger partial charge in [0.15, 0.2) is 0 Å². The molecule has 2 atom stereocenters. The highest BCUT2D eigenvalue weighted by Crippen LogP contribution is 2.26. The molecule has 0 spiro atoms. The van der Waals surface area contributed by atoms with E-state index in [0.717, 1.165) is 26.3 Å². The molecule has 1 heterocycles. The van der Waals surface area contributed by atoms with Gasteiger partial charge in [0.2, 0.25) is 0 Å². The quantitative estimate of drug-likeness (QED) is 0.679. The normalized spacial score (nSPS) is 25.0. The summed E-state index contributed by atoms with van der Waals surface area (Å²) in [5.74, 6) is 0. The van der Waals surface area contributed by atoms with Gasteiger partial charge in [-0.25, -0.2) is 0 Å². The van der Waals surface area contributed by atoms with Crippen LogP contribution in [0.2, 0.25) is 0 Å². The van der Waals surface area contributed by atoms with Crippen LogP contribution in [0.25, 0.3) is 0 Å². The van der Waals surface area contributed by atoms with Gasteiger partial charge < -0.3 is 10.5 Å². The van der Waals surface area contributed by atoms with Gasteiger partial charge in [-0.15, -0.1) is 0 Å². The van der Waals surface area contributed by atoms with Gasteiger partial charge in [0.05, 0.1) is 13.2 Å². The summed E-state index contributed by atoms with van der Waals surface area (Å²) in [4.78, 5) is 2.57. The Morgan fingerprint density at radius 1 is 1.28 bits per heavy atom. The van der Waals surface area contributed by atoms with Crippen LogP contribution in [0.15, 0.2) is 0 Å². The largest absolute Gasteiger partial charge is 0.379 e. The average Bonchev–Trinajstić information content (AvgIpc) is 2.39. The van der Waals surface area contributed by atoms with Crippen molar-refractivity contribution in [1.82, 2.24) is 4.90 Å². The third kappa shape index (κ3) is 4.52. The molecule has 2 N–H and O–H groups in total. The van der Waals surface area contributed by atoms with Crippen molar-refractivity contribution in [2.24, 2.45) is 5.73 Å². The van der Waals surface area contributed by atoms with Crippen LogP contribution in [-0.2, 0) is 4.74 Å². The molecule has 2 unspecified atom stereocenters. The van der Waals surface area contributed by atoms with Crippen molar-refractivity contribution < 1.29 is 4.74 Å². The number of morpholine rings is 1. The molecule has 0 saturated carbocycles. The highest BCUT2D eigenvalue weighted by molar-refractivity contribution is 4.91. The minimum Gasteiger partial charge on any atom is -0.379 e. The zero-order valence-electron chi connectivity index (χ0n) is 12.6. The first-order chi connectivity index (χ1) is 8.64. The van der Waals surface area contributed by atoms with Crippen LogP contribution in [0, 0.1) is 0 Å². The van der Waals surface area contributed by atoms with Crippen LogP contribution in [-0.4, -0.2) is 42.8 Å². The Morgan fingerprint density at radius 2 is 2.00 bits per heavy atom. The van der Waals surface area contributed by atoms with Crippen LogP contribution in [0.5, 0.6) is 0 Å². The second-order valence-corrected chi connectivity index (χ2v) is 5.98. The number of rotatable bonds is 8. The molecule has 3 heteroatoms. The first-order valence-corrected chi connectivity index (χ1v) is 7.68. The number of hydrogen-bond donors (Lipinski definition) is 1. The Balaban J connectivity index is 2.39. The first-order valence-electron chi connectivity index (χ1n) is 7.68. The lowest BCUT2D eigenvalue weighted by Gasteiger charge is -2.46. The summed E-state index contributed by atoms with van der Waals surface area (Å²) in [6.07, 6.45) is 7.93. The van der Waals surface area contributed by atoms with Gasteiger partial charge in [0.25, 0.3) is 0 Å². The molecule has 1 fully saturated rings. The Hall–Kier alpha value is -0.120. The van der Waals surface area contributed by atoms with Crippen LogP contribution in [0.1, 0.15) is 59.3 Å². The van der Waals surface area contributed by atoms with E-state index < -0.39 is 0 Å². The summed E-state index contributed by atoms with van der Waals surface area (Å²) in [5, 5.41) is 0. The molecule has 18 heavy (non-hydrogen) atoms. The minimum atomic E-state index is 0.162. The van der Waals surface area contributed by atoms with Crippen molar-refractivity contribution in [2.45, 2.75) is 70.9 Å². The van der Waals surface area contributed by atoms with Crippen LogP contribution in [0.4, 0.5) is 0 Å². The van der Waals surface area contributed by atoms with Gasteiger partial charge in [-0.3, -0.25) is 4.90 Å². The fourth-order valence-corrected chi connectivity index (χ4v) is 3.00. The lowest BCUT2D eigenvalue weighted by molar-refractivity contribution is -0.0539. The molecule has 0 amide bonds. The topological polar surface area (TPSA) is 38.5 Å². The number of nitrogens with zero attached hydrogens (tertiary/aromatic N) is 1. The highest BCUT2D eigenvalue weighted by atomic mass is 16.5. The minimum absolute atomic E-state index is 0.162. The predicted octanol–water partition coefficient (Wildman–Crippen LogP) is 2.79. The van der Waals surface area contributed by atoms with Crippen molar-refractivity contribution in [1.29, 1.82) is 0 Å². The van der Waals surface area contributed by atoms with E-state index in [0.29, 0.717) is 6.04 Å². The molecule has 1 rings (SSSR count). The summed E-state index contributed by atoms with van der Waals surface area (Å²) in [6.45, 7) is 10.3. The molecular formula is C15H32N2O. The van der Waals surface area contributed by atoms with E-state index in [1.165, 1.54) is 38.5 Å². The smallest absolute Gasteiger partial charge is 0.0620 e. The van der Waals surface area contributed by atoms with Gasteiger partial charge >= 0.3 is 0 Å². The van der Waals surface area contributed by atoms with E-state index in [1.807, 2.05) is 0 Å². The SMILES string of the molecule is CCCCCCCC(C)(CN)N1CCOCC1C. The molecule has 1 saturated heterocycles. The summed E-state index contributed by atoms with van der Waals surface area (Å²) in [7, 11) is 0. The van der Waals surface area contributed by atoms with Crippen molar-refractivity contribution in [3.8, 4) is 0 Å². The summed E-state index contributed by atoms with van der Waals surface area (Å²) in [5.41, 5.74) is 6.22. The maximum absolute atomic E-state index is 6.06. The highest BCUT2D eigenvalue weighted by Gasteiger charge is 2.34. The maximum Gasteiger partial charge on any atom is 0.0620 e. The van der Waals surface area contributed by atoms with Gasteiger partial charge in [0.1, 0.15) is 0 Å². The zero-order valence-corrected chi connectivity index (χ0v) is 12.6. The summed E-state index contributed by atoms with van der Waals surface area (Å²) < 4.78 is 5.53. The average molecular weight is 256 g/mol. The molecule has 0 radical (unpaired) electrons. The second-order valence-electron chi connectivity index (χ2n) is 5.98. The van der Waals surface area contributed by atoms with Crippen molar-refractivity contribution in [2.75, 3.05) is 26.3 Å². The number of ether oxygens (including phenoxy) is 1. The standard InChI is InChI=1S/C15H32N2O/c1-4-5-6-7-8-9-15(3,13-16)17-10-11-18-12-14(17)2/h14H,4-13,16H2,1-3H3. The molecular weight excluding hydrogens is 224 g/mol. The third-order valence-electron chi connectivity index (χ3n) is 4.32. The molecule has 1 aliphatic rings. The summed E-state index contributed by atoms with van der Waals surface area (Å²) in [6, 6.07) is 0.503. The molecule has 0 aliphatic carbocycles. The van der Waals surface area contributed by atoms with E-state index in [1.54, 1.807) is 0 Å². The lowest BCUT2D eigenvalue weighted by atomic mass is 9.90. The number of hydrogen-bond acceptors (Lipinski definition) is 3. The number of nitrogens with two attached hydrogens (primary N) is 1. The fourth-order valence-electron chi connectivity index (χ4n) is 3.00. The maximum atomic E-state index is 6.06. The van der Waals surface area contributed by atoms with Crippen molar-refractivity contribution in [3.05, 3.63) is 0 Å². The van der Waals surface area contributed by atoms with E-state index in [2.05, 4.69) is 25.7 Å². The van der Waals surface area contributed by atoms with Crippen LogP contribution in [0.3, 0.4) is 0 Å². The van der Waals surface area contributed by atoms with Gasteiger partial charge in [0, 0.05) is 24.7 Å². The van der Waals surface area contributed by atoms with Gasteiger partial charge in [-0.05, 0) is 20.3 Å². The Morgan fingerprint density at radius 3 is 2.61 bits per heavy atom. The molecule has 0 bridgehead atoms. The van der Waals surface area contributed by atoms with E-state index in [-0.39, 0.29) is 5.54 Å². The molecule has 1 aliphatic heterocycles. The predicted molar refractivity (Wildman–Crippen MR) is 77.8 cm³/mol. The molecule has 0 aromatic heterocycles. The Kier molecular flexibility index (Phi) is 7.20. The monoisotopic (exact) mass is 256 g/mol. The third-order valence-corrected chi connectivity index (χ3v) is 4.32. The zero-order chi connectivity index (χ0) is 13.4. The van der Waals surface area contributed by atoms with E-state index in [9.17, 15) is 0 Å². The van der Waals surface area contributed by atoms with Gasteiger partial charge in [-0.1, -0.05) is 39.0 Å². The first kappa shape index (κ1) is 15.9. The molecule has 108 valence electrons. The van der Waals surface area contributed by atoms with E-state index >= 15 is 0 Å². The molecule has 0 aromatic rings. The molecule has 0 aromatic carbocycles. The van der Waals surface area contributed by atoms with Gasteiger partial charge in [-0.2, -0.15) is 0 Å². The lowest BCUT2D eigenvalue weighted by Crippen LogP contribution is -2.59. The second kappa shape index (κ2) is 8.13. The number of unbranched alkanes of at least 4 members (excludes halogenated alkanes) is 4. The Labute approximate surface area is 113 Å². The molecule has 3 nitrogen and oxygen atoms in total. The van der Waals surface area contributed by atoms with Crippen LogP contribution < -0.4 is 5.73 Å². The fraction of sp³-hybridized carbons (Fsp3) is 1.00. The van der Waals surface area contributed by atoms with Crippen LogP contribution >= 0.6 is 0 Å². The van der Waals surface area contributed by atoms with Crippen molar-refractivity contribution in [3.63, 3.8) is 0 Å². The summed E-state index contributed by atoms with van der Waals surface area (Å²) >= 11 is 0. The van der Waals surface area contributed by atoms with Crippen molar-refractivity contribution >= 4 is 0 Å².